The van der Waals surface area contributed by atoms with Crippen molar-refractivity contribution in [1.29, 1.82) is 0 Å². The third kappa shape index (κ3) is 5.19. The van der Waals surface area contributed by atoms with E-state index < -0.39 is 29.4 Å². The van der Waals surface area contributed by atoms with Crippen molar-refractivity contribution in [3.8, 4) is 11.4 Å². The predicted octanol–water partition coefficient (Wildman–Crippen LogP) is 5.69. The summed E-state index contributed by atoms with van der Waals surface area (Å²) in [4.78, 5) is 18.7. The summed E-state index contributed by atoms with van der Waals surface area (Å²) in [7, 11) is 0. The lowest BCUT2D eigenvalue weighted by atomic mass is 10.1. The second kappa shape index (κ2) is 9.02. The van der Waals surface area contributed by atoms with E-state index in [0.29, 0.717) is 29.7 Å². The summed E-state index contributed by atoms with van der Waals surface area (Å²) in [6.45, 7) is 8.70. The molecule has 1 saturated heterocycles. The molecule has 2 heterocycles. The topological polar surface area (TPSA) is 56.6 Å². The van der Waals surface area contributed by atoms with E-state index >= 15 is 0 Å². The molecule has 4 rings (SSSR count). The lowest BCUT2D eigenvalue weighted by Crippen LogP contribution is -2.48. The molecular formula is C24H26BrF2N3O3. The van der Waals surface area contributed by atoms with Gasteiger partial charge in [0.2, 0.25) is 0 Å². The van der Waals surface area contributed by atoms with Crippen molar-refractivity contribution in [2.75, 3.05) is 19.7 Å². The van der Waals surface area contributed by atoms with Crippen LogP contribution >= 0.6 is 15.9 Å². The van der Waals surface area contributed by atoms with Gasteiger partial charge in [-0.2, -0.15) is 0 Å². The number of ether oxygens (including phenoxy) is 2. The summed E-state index contributed by atoms with van der Waals surface area (Å²) in [6.07, 6.45) is -0.808. The minimum Gasteiger partial charge on any atom is -0.444 e. The van der Waals surface area contributed by atoms with Crippen LogP contribution in [0.1, 0.15) is 26.3 Å². The number of nitrogens with zero attached hydrogens (tertiary/aromatic N) is 3. The highest BCUT2D eigenvalue weighted by Gasteiger charge is 2.30. The highest BCUT2D eigenvalue weighted by atomic mass is 79.9. The fourth-order valence-electron chi connectivity index (χ4n) is 3.90. The van der Waals surface area contributed by atoms with Crippen LogP contribution < -0.4 is 0 Å². The van der Waals surface area contributed by atoms with Gasteiger partial charge in [0.05, 0.1) is 42.4 Å². The molecule has 0 aliphatic carbocycles. The minimum absolute atomic E-state index is 0.177. The Labute approximate surface area is 199 Å². The zero-order valence-corrected chi connectivity index (χ0v) is 20.6. The van der Waals surface area contributed by atoms with E-state index in [2.05, 4.69) is 20.9 Å². The number of rotatable bonds is 3. The van der Waals surface area contributed by atoms with Gasteiger partial charge in [-0.1, -0.05) is 22.0 Å². The van der Waals surface area contributed by atoms with Crippen molar-refractivity contribution in [1.82, 2.24) is 14.5 Å². The molecule has 0 bridgehead atoms. The molecule has 3 aromatic rings. The first kappa shape index (κ1) is 23.6. The van der Waals surface area contributed by atoms with Crippen LogP contribution in [0.2, 0.25) is 0 Å². The van der Waals surface area contributed by atoms with Gasteiger partial charge in [-0.3, -0.25) is 0 Å². The van der Waals surface area contributed by atoms with Crippen LogP contribution in [0.15, 0.2) is 34.8 Å². The van der Waals surface area contributed by atoms with E-state index in [9.17, 15) is 13.6 Å². The number of carbonyl (C=O) groups excluding carboxylic acids is 1. The summed E-state index contributed by atoms with van der Waals surface area (Å²) in [6, 6.07) is 8.11. The highest BCUT2D eigenvalue weighted by molar-refractivity contribution is 9.10. The van der Waals surface area contributed by atoms with Crippen LogP contribution in [0.25, 0.3) is 22.4 Å². The second-order valence-electron chi connectivity index (χ2n) is 9.20. The van der Waals surface area contributed by atoms with Crippen LogP contribution in [-0.4, -0.2) is 51.9 Å². The van der Waals surface area contributed by atoms with E-state index in [4.69, 9.17) is 9.47 Å². The molecule has 1 atom stereocenters. The number of aromatic nitrogens is 2. The molecule has 1 aliphatic heterocycles. The fourth-order valence-corrected chi connectivity index (χ4v) is 4.30. The van der Waals surface area contributed by atoms with Gasteiger partial charge >= 0.3 is 6.09 Å². The summed E-state index contributed by atoms with van der Waals surface area (Å²) in [5, 5.41) is 0. The SMILES string of the molecule is Cc1ccc2c(c1)nc(-c1c(F)cc(Br)cc1F)n2C[C@H]1CN(C(=O)OC(C)(C)C)CCO1. The highest BCUT2D eigenvalue weighted by Crippen LogP contribution is 2.32. The molecule has 2 aromatic carbocycles. The molecule has 0 spiro atoms. The molecule has 0 radical (unpaired) electrons. The number of hydrogen-bond donors (Lipinski definition) is 0. The fraction of sp³-hybridized carbons (Fsp3) is 0.417. The van der Waals surface area contributed by atoms with Gasteiger partial charge < -0.3 is 18.9 Å². The van der Waals surface area contributed by atoms with E-state index in [1.807, 2.05) is 45.9 Å². The Balaban J connectivity index is 1.70. The number of morpholine rings is 1. The van der Waals surface area contributed by atoms with Crippen LogP contribution in [0.4, 0.5) is 13.6 Å². The summed E-state index contributed by atoms with van der Waals surface area (Å²) in [5.41, 5.74) is 1.54. The predicted molar refractivity (Wildman–Crippen MR) is 125 cm³/mol. The van der Waals surface area contributed by atoms with Crippen LogP contribution in [0, 0.1) is 18.6 Å². The van der Waals surface area contributed by atoms with Crippen molar-refractivity contribution < 1.29 is 23.0 Å². The van der Waals surface area contributed by atoms with Crippen molar-refractivity contribution in [2.24, 2.45) is 0 Å². The van der Waals surface area contributed by atoms with Gasteiger partial charge in [-0.15, -0.1) is 0 Å². The molecule has 0 N–H and O–H groups in total. The summed E-state index contributed by atoms with van der Waals surface area (Å²) >= 11 is 3.13. The quantitative estimate of drug-likeness (QED) is 0.444. The molecule has 176 valence electrons. The lowest BCUT2D eigenvalue weighted by molar-refractivity contribution is -0.0468. The van der Waals surface area contributed by atoms with Crippen molar-refractivity contribution in [2.45, 2.75) is 45.9 Å². The number of amides is 1. The van der Waals surface area contributed by atoms with Crippen LogP contribution in [-0.2, 0) is 16.0 Å². The zero-order chi connectivity index (χ0) is 23.9. The number of carbonyl (C=O) groups is 1. The minimum atomic E-state index is -0.713. The van der Waals surface area contributed by atoms with Gasteiger partial charge in [0, 0.05) is 11.0 Å². The van der Waals surface area contributed by atoms with Crippen LogP contribution in [0.5, 0.6) is 0 Å². The van der Waals surface area contributed by atoms with Crippen LogP contribution in [0.3, 0.4) is 0 Å². The number of aryl methyl sites for hydroxylation is 1. The smallest absolute Gasteiger partial charge is 0.410 e. The molecule has 1 amide bonds. The number of hydrogen-bond acceptors (Lipinski definition) is 4. The first-order valence-electron chi connectivity index (χ1n) is 10.7. The van der Waals surface area contributed by atoms with E-state index in [1.165, 1.54) is 12.1 Å². The maximum absolute atomic E-state index is 14.9. The molecule has 1 fully saturated rings. The normalized spacial score (nSPS) is 16.9. The number of imidazole rings is 1. The Kier molecular flexibility index (Phi) is 6.46. The molecule has 33 heavy (non-hydrogen) atoms. The molecule has 0 saturated carbocycles. The first-order chi connectivity index (χ1) is 15.5. The van der Waals surface area contributed by atoms with Crippen molar-refractivity contribution in [3.63, 3.8) is 0 Å². The molecule has 6 nitrogen and oxygen atoms in total. The average Bonchev–Trinajstić information content (AvgIpc) is 3.03. The summed E-state index contributed by atoms with van der Waals surface area (Å²) < 4.78 is 43.2. The standard InChI is InChI=1S/C24H26BrF2N3O3/c1-14-5-6-20-19(9-14)28-22(21-17(26)10-15(25)11-18(21)27)30(20)13-16-12-29(7-8-32-16)23(31)33-24(2,3)4/h5-6,9-11,16H,7-8,12-13H2,1-4H3/t16-/m1/s1. The molecule has 1 aromatic heterocycles. The van der Waals surface area contributed by atoms with Gasteiger partial charge in [0.1, 0.15) is 23.1 Å². The van der Waals surface area contributed by atoms with Crippen molar-refractivity contribution in [3.05, 3.63) is 52.0 Å². The van der Waals surface area contributed by atoms with Gasteiger partial charge in [-0.25, -0.2) is 18.6 Å². The van der Waals surface area contributed by atoms with Gasteiger partial charge in [-0.05, 0) is 57.5 Å². The third-order valence-electron chi connectivity index (χ3n) is 5.31. The second-order valence-corrected chi connectivity index (χ2v) is 10.1. The van der Waals surface area contributed by atoms with Crippen molar-refractivity contribution >= 4 is 33.1 Å². The third-order valence-corrected chi connectivity index (χ3v) is 5.77. The lowest BCUT2D eigenvalue weighted by Gasteiger charge is -2.34. The molecule has 0 unspecified atom stereocenters. The zero-order valence-electron chi connectivity index (χ0n) is 19.0. The van der Waals surface area contributed by atoms with Gasteiger partial charge in [0.25, 0.3) is 0 Å². The van der Waals surface area contributed by atoms with E-state index in [1.54, 1.807) is 9.47 Å². The maximum atomic E-state index is 14.9. The van der Waals surface area contributed by atoms with Gasteiger partial charge in [0.15, 0.2) is 0 Å². The summed E-state index contributed by atoms with van der Waals surface area (Å²) in [5.74, 6) is -1.25. The largest absolute Gasteiger partial charge is 0.444 e. The molecule has 1 aliphatic rings. The Morgan fingerprint density at radius 2 is 1.94 bits per heavy atom. The Hall–Kier alpha value is -2.52. The number of halogens is 3. The molecule has 9 heteroatoms. The Morgan fingerprint density at radius 3 is 2.61 bits per heavy atom. The van der Waals surface area contributed by atoms with E-state index in [0.717, 1.165) is 11.1 Å². The Bertz CT molecular complexity index is 1180. The molecular weight excluding hydrogens is 496 g/mol. The number of benzene rings is 2. The monoisotopic (exact) mass is 521 g/mol. The maximum Gasteiger partial charge on any atom is 0.410 e. The van der Waals surface area contributed by atoms with E-state index in [-0.39, 0.29) is 17.9 Å². The Morgan fingerprint density at radius 1 is 1.24 bits per heavy atom. The number of fused-ring (bicyclic) bond motifs is 1. The average molecular weight is 522 g/mol. The first-order valence-corrected chi connectivity index (χ1v) is 11.5.